The highest BCUT2D eigenvalue weighted by atomic mass is 16.5. The predicted octanol–water partition coefficient (Wildman–Crippen LogP) is 3.66. The Labute approximate surface area is 229 Å². The number of aromatic nitrogens is 1. The Hall–Kier alpha value is -4.20. The van der Waals surface area contributed by atoms with Crippen molar-refractivity contribution in [3.8, 4) is 0 Å². The minimum absolute atomic E-state index is 0.0183. The summed E-state index contributed by atoms with van der Waals surface area (Å²) in [6.07, 6.45) is 0. The number of rotatable bonds is 6. The highest BCUT2D eigenvalue weighted by Gasteiger charge is 2.37. The molecule has 1 N–H and O–H groups in total. The number of hydrogen-bond donors (Lipinski definition) is 1. The first kappa shape index (κ1) is 26.4. The lowest BCUT2D eigenvalue weighted by Gasteiger charge is -2.36. The molecule has 2 amide bonds. The Bertz CT molecular complexity index is 1370. The van der Waals surface area contributed by atoms with E-state index < -0.39 is 11.9 Å². The normalized spacial score (nSPS) is 19.1. The third-order valence-corrected chi connectivity index (χ3v) is 7.74. The van der Waals surface area contributed by atoms with Gasteiger partial charge in [-0.2, -0.15) is 0 Å². The van der Waals surface area contributed by atoms with Crippen molar-refractivity contribution < 1.29 is 19.1 Å². The molecule has 1 aromatic heterocycles. The number of nitrogens with one attached hydrogen (secondary N) is 1. The van der Waals surface area contributed by atoms with E-state index in [4.69, 9.17) is 9.72 Å². The number of piperazine rings is 1. The first-order valence-corrected chi connectivity index (χ1v) is 13.4. The van der Waals surface area contributed by atoms with Crippen LogP contribution in [-0.2, 0) is 9.53 Å². The Morgan fingerprint density at radius 1 is 0.923 bits per heavy atom. The summed E-state index contributed by atoms with van der Waals surface area (Å²) in [4.78, 5) is 47.1. The van der Waals surface area contributed by atoms with Crippen LogP contribution in [0.15, 0.2) is 60.7 Å². The number of carbonyl (C=O) groups excluding carboxylic acids is 3. The molecule has 3 aromatic rings. The number of nitrogens with zero attached hydrogens (tertiary/aromatic N) is 3. The second-order valence-electron chi connectivity index (χ2n) is 10.4. The van der Waals surface area contributed by atoms with Gasteiger partial charge in [0, 0.05) is 49.9 Å². The minimum atomic E-state index is -0.435. The van der Waals surface area contributed by atoms with Gasteiger partial charge in [0.15, 0.2) is 0 Å². The Morgan fingerprint density at radius 2 is 1.62 bits per heavy atom. The zero-order chi connectivity index (χ0) is 27.5. The molecular weight excluding hydrogens is 492 g/mol. The van der Waals surface area contributed by atoms with E-state index in [1.165, 1.54) is 5.56 Å². The summed E-state index contributed by atoms with van der Waals surface area (Å²) in [5.41, 5.74) is 5.25. The third-order valence-electron chi connectivity index (χ3n) is 7.74. The van der Waals surface area contributed by atoms with Crippen molar-refractivity contribution in [1.82, 2.24) is 15.2 Å². The van der Waals surface area contributed by atoms with E-state index in [-0.39, 0.29) is 24.3 Å². The van der Waals surface area contributed by atoms with E-state index in [9.17, 15) is 14.4 Å². The summed E-state index contributed by atoms with van der Waals surface area (Å²) in [6, 6.07) is 18.2. The smallest absolute Gasteiger partial charge is 0.338 e. The first-order chi connectivity index (χ1) is 18.8. The Morgan fingerprint density at radius 3 is 2.31 bits per heavy atom. The van der Waals surface area contributed by atoms with Gasteiger partial charge < -0.3 is 19.9 Å². The van der Waals surface area contributed by atoms with E-state index in [0.717, 1.165) is 35.7 Å². The zero-order valence-corrected chi connectivity index (χ0v) is 22.6. The van der Waals surface area contributed by atoms with Gasteiger partial charge in [0.2, 0.25) is 5.91 Å². The molecule has 0 spiro atoms. The zero-order valence-electron chi connectivity index (χ0n) is 22.6. The van der Waals surface area contributed by atoms with Crippen molar-refractivity contribution >= 4 is 23.6 Å². The van der Waals surface area contributed by atoms with Crippen LogP contribution >= 0.6 is 0 Å². The molecule has 1 unspecified atom stereocenters. The monoisotopic (exact) mass is 526 g/mol. The molecule has 0 bridgehead atoms. The molecule has 2 atom stereocenters. The van der Waals surface area contributed by atoms with Gasteiger partial charge >= 0.3 is 5.97 Å². The molecule has 0 radical (unpaired) electrons. The first-order valence-electron chi connectivity index (χ1n) is 13.4. The van der Waals surface area contributed by atoms with Crippen molar-refractivity contribution in [1.29, 1.82) is 0 Å². The third kappa shape index (κ3) is 5.65. The number of amides is 2. The minimum Gasteiger partial charge on any atom is -0.462 e. The van der Waals surface area contributed by atoms with Crippen LogP contribution in [0.4, 0.5) is 5.82 Å². The molecule has 8 heteroatoms. The van der Waals surface area contributed by atoms with E-state index in [0.29, 0.717) is 30.8 Å². The van der Waals surface area contributed by atoms with Gasteiger partial charge in [-0.25, -0.2) is 9.78 Å². The fraction of sp³-hybridized carbons (Fsp3) is 0.355. The van der Waals surface area contributed by atoms with Gasteiger partial charge in [-0.15, -0.1) is 0 Å². The van der Waals surface area contributed by atoms with Crippen molar-refractivity contribution in [3.05, 3.63) is 94.2 Å². The number of aryl methyl sites for hydroxylation is 3. The Kier molecular flexibility index (Phi) is 7.63. The van der Waals surface area contributed by atoms with E-state index in [1.54, 1.807) is 36.4 Å². The molecule has 39 heavy (non-hydrogen) atoms. The SMILES string of the molecule is Cc1cc(C)c(N2CCN(C(=O)c3ccc([C@@H]4C(=O)NCC4COC(=O)c4ccccc4)cc3)CC2)nc1C. The average Bonchev–Trinajstić information content (AvgIpc) is 3.34. The molecule has 0 saturated carbocycles. The molecular formula is C31H34N4O4. The van der Waals surface area contributed by atoms with Crippen LogP contribution in [0.5, 0.6) is 0 Å². The lowest BCUT2D eigenvalue weighted by molar-refractivity contribution is -0.120. The summed E-state index contributed by atoms with van der Waals surface area (Å²) in [7, 11) is 0. The topological polar surface area (TPSA) is 91.8 Å². The largest absolute Gasteiger partial charge is 0.462 e. The van der Waals surface area contributed by atoms with Crippen molar-refractivity contribution in [2.45, 2.75) is 26.7 Å². The molecule has 8 nitrogen and oxygen atoms in total. The highest BCUT2D eigenvalue weighted by molar-refractivity contribution is 5.95. The van der Waals surface area contributed by atoms with E-state index in [1.807, 2.05) is 30.0 Å². The second-order valence-corrected chi connectivity index (χ2v) is 10.4. The molecule has 2 fully saturated rings. The van der Waals surface area contributed by atoms with Crippen LogP contribution in [0.1, 0.15) is 49.0 Å². The van der Waals surface area contributed by atoms with E-state index in [2.05, 4.69) is 30.1 Å². The number of esters is 1. The number of carbonyl (C=O) groups is 3. The fourth-order valence-electron chi connectivity index (χ4n) is 5.38. The second kappa shape index (κ2) is 11.3. The summed E-state index contributed by atoms with van der Waals surface area (Å²) >= 11 is 0. The molecule has 3 heterocycles. The van der Waals surface area contributed by atoms with Gasteiger partial charge in [-0.1, -0.05) is 36.4 Å². The maximum Gasteiger partial charge on any atom is 0.338 e. The van der Waals surface area contributed by atoms with Gasteiger partial charge in [0.25, 0.3) is 5.91 Å². The quantitative estimate of drug-likeness (QED) is 0.493. The fourth-order valence-corrected chi connectivity index (χ4v) is 5.38. The molecule has 2 aromatic carbocycles. The lowest BCUT2D eigenvalue weighted by atomic mass is 9.88. The van der Waals surface area contributed by atoms with Crippen LogP contribution in [0.2, 0.25) is 0 Å². The molecule has 2 aliphatic rings. The van der Waals surface area contributed by atoms with Gasteiger partial charge in [0.05, 0.1) is 18.1 Å². The van der Waals surface area contributed by atoms with Crippen molar-refractivity contribution in [3.63, 3.8) is 0 Å². The summed E-state index contributed by atoms with van der Waals surface area (Å²) in [6.45, 7) is 9.44. The summed E-state index contributed by atoms with van der Waals surface area (Å²) < 4.78 is 5.51. The van der Waals surface area contributed by atoms with Gasteiger partial charge in [-0.3, -0.25) is 9.59 Å². The maximum absolute atomic E-state index is 13.2. The summed E-state index contributed by atoms with van der Waals surface area (Å²) in [5.74, 6) is -0.139. The molecule has 202 valence electrons. The van der Waals surface area contributed by atoms with Crippen molar-refractivity contribution in [2.75, 3.05) is 44.2 Å². The van der Waals surface area contributed by atoms with Crippen LogP contribution in [0.3, 0.4) is 0 Å². The molecule has 2 aliphatic heterocycles. The van der Waals surface area contributed by atoms with Crippen LogP contribution in [0.25, 0.3) is 0 Å². The van der Waals surface area contributed by atoms with Crippen LogP contribution in [0, 0.1) is 26.7 Å². The highest BCUT2D eigenvalue weighted by Crippen LogP contribution is 2.30. The van der Waals surface area contributed by atoms with Crippen LogP contribution < -0.4 is 10.2 Å². The standard InChI is InChI=1S/C31H34N4O4/c1-20-17-21(2)28(33-22(20)3)34-13-15-35(16-14-34)30(37)24-11-9-23(10-12-24)27-26(18-32-29(27)36)19-39-31(38)25-7-5-4-6-8-25/h4-12,17,26-27H,13-16,18-19H2,1-3H3,(H,32,36)/t26?,27-/m0/s1. The molecule has 5 rings (SSSR count). The lowest BCUT2D eigenvalue weighted by Crippen LogP contribution is -2.49. The van der Waals surface area contributed by atoms with Crippen molar-refractivity contribution in [2.24, 2.45) is 5.92 Å². The van der Waals surface area contributed by atoms with Gasteiger partial charge in [0.1, 0.15) is 5.82 Å². The van der Waals surface area contributed by atoms with E-state index >= 15 is 0 Å². The number of anilines is 1. The number of ether oxygens (including phenoxy) is 1. The number of benzene rings is 2. The molecule has 2 saturated heterocycles. The number of pyridine rings is 1. The Balaban J connectivity index is 1.20. The summed E-state index contributed by atoms with van der Waals surface area (Å²) in [5, 5.41) is 2.88. The van der Waals surface area contributed by atoms with Crippen LogP contribution in [-0.4, -0.2) is 67.0 Å². The maximum atomic E-state index is 13.2. The average molecular weight is 527 g/mol. The molecule has 0 aliphatic carbocycles. The van der Waals surface area contributed by atoms with Gasteiger partial charge in [-0.05, 0) is 61.7 Å². The number of hydrogen-bond acceptors (Lipinski definition) is 6. The predicted molar refractivity (Wildman–Crippen MR) is 149 cm³/mol.